The summed E-state index contributed by atoms with van der Waals surface area (Å²) in [5, 5.41) is 0. The molecule has 0 aliphatic rings. The molecule has 0 radical (unpaired) electrons. The van der Waals surface area contributed by atoms with Gasteiger partial charge in [-0.3, -0.25) is 0 Å². The highest BCUT2D eigenvalue weighted by atomic mass is 32.2. The molecule has 1 N–H and O–H groups in total. The predicted molar refractivity (Wildman–Crippen MR) is 95.8 cm³/mol. The lowest BCUT2D eigenvalue weighted by Crippen LogP contribution is -2.23. The van der Waals surface area contributed by atoms with E-state index in [9.17, 15) is 8.42 Å². The van der Waals surface area contributed by atoms with Gasteiger partial charge in [0.15, 0.2) is 0 Å². The van der Waals surface area contributed by atoms with Crippen LogP contribution in [0.1, 0.15) is 19.4 Å². The molecule has 136 valence electrons. The Morgan fingerprint density at radius 3 is 2.16 bits per heavy atom. The summed E-state index contributed by atoms with van der Waals surface area (Å²) >= 11 is 0. The second-order valence-electron chi connectivity index (χ2n) is 5.65. The number of ether oxygens (including phenoxy) is 3. The standard InChI is InChI=1S/C18H23NO5S/c1-13(2)24-15-7-5-14(6-8-15)12-19-25(20,21)18-11-16(22-3)9-10-17(18)23-4/h5-11,13,19H,12H2,1-4H3. The average Bonchev–Trinajstić information content (AvgIpc) is 2.60. The highest BCUT2D eigenvalue weighted by molar-refractivity contribution is 7.89. The molecule has 0 aromatic heterocycles. The number of sulfonamides is 1. The van der Waals surface area contributed by atoms with Crippen LogP contribution >= 0.6 is 0 Å². The second-order valence-corrected chi connectivity index (χ2v) is 7.39. The fraction of sp³-hybridized carbons (Fsp3) is 0.333. The fourth-order valence-corrected chi connectivity index (χ4v) is 3.41. The zero-order valence-electron chi connectivity index (χ0n) is 14.8. The van der Waals surface area contributed by atoms with E-state index in [0.717, 1.165) is 11.3 Å². The van der Waals surface area contributed by atoms with Crippen molar-refractivity contribution in [3.05, 3.63) is 48.0 Å². The first-order valence-electron chi connectivity index (χ1n) is 7.83. The van der Waals surface area contributed by atoms with E-state index >= 15 is 0 Å². The molecule has 0 bridgehead atoms. The van der Waals surface area contributed by atoms with Crippen LogP contribution in [0.5, 0.6) is 17.2 Å². The molecule has 2 aromatic carbocycles. The van der Waals surface area contributed by atoms with Crippen LogP contribution in [0.25, 0.3) is 0 Å². The summed E-state index contributed by atoms with van der Waals surface area (Å²) < 4.78 is 43.6. The quantitative estimate of drug-likeness (QED) is 0.778. The summed E-state index contributed by atoms with van der Waals surface area (Å²) in [6.07, 6.45) is 0.0879. The maximum atomic E-state index is 12.6. The Labute approximate surface area is 148 Å². The van der Waals surface area contributed by atoms with Gasteiger partial charge >= 0.3 is 0 Å². The van der Waals surface area contributed by atoms with Gasteiger partial charge in [-0.15, -0.1) is 0 Å². The second kappa shape index (κ2) is 8.22. The molecule has 0 aliphatic carbocycles. The molecule has 7 heteroatoms. The van der Waals surface area contributed by atoms with E-state index in [1.807, 2.05) is 38.1 Å². The molecule has 0 aliphatic heterocycles. The van der Waals surface area contributed by atoms with Crippen LogP contribution in [-0.2, 0) is 16.6 Å². The van der Waals surface area contributed by atoms with E-state index in [2.05, 4.69) is 4.72 Å². The molecule has 0 fully saturated rings. The zero-order valence-corrected chi connectivity index (χ0v) is 15.6. The first-order chi connectivity index (χ1) is 11.9. The van der Waals surface area contributed by atoms with Crippen molar-refractivity contribution < 1.29 is 22.6 Å². The average molecular weight is 365 g/mol. The number of methoxy groups -OCH3 is 2. The van der Waals surface area contributed by atoms with Gasteiger partial charge in [0, 0.05) is 12.6 Å². The molecule has 0 unspecified atom stereocenters. The molecule has 0 amide bonds. The predicted octanol–water partition coefficient (Wildman–Crippen LogP) is 2.97. The molecule has 2 rings (SSSR count). The van der Waals surface area contributed by atoms with Gasteiger partial charge in [-0.25, -0.2) is 13.1 Å². The van der Waals surface area contributed by atoms with Gasteiger partial charge in [0.1, 0.15) is 22.1 Å². The minimum atomic E-state index is -3.75. The van der Waals surface area contributed by atoms with Crippen LogP contribution in [0.2, 0.25) is 0 Å². The van der Waals surface area contributed by atoms with Crippen LogP contribution in [0, 0.1) is 0 Å². The number of nitrogens with one attached hydrogen (secondary N) is 1. The molecule has 0 atom stereocenters. The van der Waals surface area contributed by atoms with E-state index in [1.54, 1.807) is 12.1 Å². The van der Waals surface area contributed by atoms with Crippen molar-refractivity contribution >= 4 is 10.0 Å². The first-order valence-corrected chi connectivity index (χ1v) is 9.31. The molecule has 0 saturated heterocycles. The van der Waals surface area contributed by atoms with Crippen molar-refractivity contribution in [1.82, 2.24) is 4.72 Å². The third-order valence-corrected chi connectivity index (χ3v) is 4.84. The highest BCUT2D eigenvalue weighted by Crippen LogP contribution is 2.28. The summed E-state index contributed by atoms with van der Waals surface area (Å²) in [6, 6.07) is 11.9. The number of rotatable bonds is 8. The molecule has 0 spiro atoms. The topological polar surface area (TPSA) is 73.9 Å². The smallest absolute Gasteiger partial charge is 0.244 e. The van der Waals surface area contributed by atoms with Crippen molar-refractivity contribution in [1.29, 1.82) is 0 Å². The van der Waals surface area contributed by atoms with Crippen LogP contribution in [-0.4, -0.2) is 28.7 Å². The van der Waals surface area contributed by atoms with Gasteiger partial charge in [-0.1, -0.05) is 12.1 Å². The Kier molecular flexibility index (Phi) is 6.27. The normalized spacial score (nSPS) is 11.4. The third-order valence-electron chi connectivity index (χ3n) is 3.42. The molecule has 25 heavy (non-hydrogen) atoms. The maximum Gasteiger partial charge on any atom is 0.244 e. The molecule has 2 aromatic rings. The zero-order chi connectivity index (χ0) is 18.4. The summed E-state index contributed by atoms with van der Waals surface area (Å²) in [7, 11) is -0.846. The SMILES string of the molecule is COc1ccc(OC)c(S(=O)(=O)NCc2ccc(OC(C)C)cc2)c1. The van der Waals surface area contributed by atoms with Crippen molar-refractivity contribution in [2.75, 3.05) is 14.2 Å². The lowest BCUT2D eigenvalue weighted by atomic mass is 10.2. The van der Waals surface area contributed by atoms with E-state index in [1.165, 1.54) is 20.3 Å². The van der Waals surface area contributed by atoms with Crippen LogP contribution in [0.4, 0.5) is 0 Å². The van der Waals surface area contributed by atoms with Gasteiger partial charge < -0.3 is 14.2 Å². The Hall–Kier alpha value is -2.25. The minimum absolute atomic E-state index is 0.0362. The Morgan fingerprint density at radius 1 is 0.960 bits per heavy atom. The van der Waals surface area contributed by atoms with Crippen molar-refractivity contribution in [3.8, 4) is 17.2 Å². The Bertz CT molecular complexity index is 801. The Morgan fingerprint density at radius 2 is 1.60 bits per heavy atom. The lowest BCUT2D eigenvalue weighted by molar-refractivity contribution is 0.242. The monoisotopic (exact) mass is 365 g/mol. The molecular formula is C18H23NO5S. The van der Waals surface area contributed by atoms with Gasteiger partial charge in [0.25, 0.3) is 0 Å². The molecular weight excluding hydrogens is 342 g/mol. The van der Waals surface area contributed by atoms with E-state index in [0.29, 0.717) is 5.75 Å². The summed E-state index contributed by atoms with van der Waals surface area (Å²) in [4.78, 5) is 0.0362. The number of benzene rings is 2. The molecule has 0 saturated carbocycles. The number of hydrogen-bond donors (Lipinski definition) is 1. The summed E-state index contributed by atoms with van der Waals surface area (Å²) in [6.45, 7) is 4.05. The maximum absolute atomic E-state index is 12.6. The molecule has 0 heterocycles. The fourth-order valence-electron chi connectivity index (χ4n) is 2.21. The van der Waals surface area contributed by atoms with Crippen molar-refractivity contribution in [3.63, 3.8) is 0 Å². The van der Waals surface area contributed by atoms with Crippen molar-refractivity contribution in [2.24, 2.45) is 0 Å². The van der Waals surface area contributed by atoms with Crippen LogP contribution in [0.15, 0.2) is 47.4 Å². The number of hydrogen-bond acceptors (Lipinski definition) is 5. The van der Waals surface area contributed by atoms with Crippen molar-refractivity contribution in [2.45, 2.75) is 31.4 Å². The molecule has 6 nitrogen and oxygen atoms in total. The van der Waals surface area contributed by atoms with Gasteiger partial charge in [-0.2, -0.15) is 0 Å². The largest absolute Gasteiger partial charge is 0.497 e. The van der Waals surface area contributed by atoms with E-state index < -0.39 is 10.0 Å². The van der Waals surface area contributed by atoms with E-state index in [-0.39, 0.29) is 23.3 Å². The van der Waals surface area contributed by atoms with Gasteiger partial charge in [0.2, 0.25) is 10.0 Å². The van der Waals surface area contributed by atoms with Gasteiger partial charge in [-0.05, 0) is 43.7 Å². The van der Waals surface area contributed by atoms with E-state index in [4.69, 9.17) is 14.2 Å². The summed E-state index contributed by atoms with van der Waals surface area (Å²) in [5.74, 6) is 1.45. The highest BCUT2D eigenvalue weighted by Gasteiger charge is 2.20. The van der Waals surface area contributed by atoms with Crippen LogP contribution < -0.4 is 18.9 Å². The Balaban J connectivity index is 2.14. The van der Waals surface area contributed by atoms with Crippen LogP contribution in [0.3, 0.4) is 0 Å². The third kappa shape index (κ3) is 5.11. The lowest BCUT2D eigenvalue weighted by Gasteiger charge is -2.13. The summed E-state index contributed by atoms with van der Waals surface area (Å²) in [5.41, 5.74) is 0.821. The van der Waals surface area contributed by atoms with Gasteiger partial charge in [0.05, 0.1) is 20.3 Å². The first kappa shape index (κ1) is 19.1. The minimum Gasteiger partial charge on any atom is -0.497 e.